The minimum atomic E-state index is -1.23. The number of hydrogen-bond donors (Lipinski definition) is 0. The summed E-state index contributed by atoms with van der Waals surface area (Å²) in [6, 6.07) is 0. The minimum absolute atomic E-state index is 0.0304. The van der Waals surface area contributed by atoms with Crippen LogP contribution in [-0.2, 0) is 23.8 Å². The van der Waals surface area contributed by atoms with E-state index in [0.717, 1.165) is 6.42 Å². The van der Waals surface area contributed by atoms with Crippen LogP contribution in [0.1, 0.15) is 20.3 Å². The van der Waals surface area contributed by atoms with E-state index in [0.29, 0.717) is 13.2 Å². The molecule has 1 aliphatic heterocycles. The molecule has 5 nitrogen and oxygen atoms in total. The fourth-order valence-corrected chi connectivity index (χ4v) is 5.41. The second-order valence-corrected chi connectivity index (χ2v) is 13.2. The van der Waals surface area contributed by atoms with Gasteiger partial charge in [0.2, 0.25) is 0 Å². The molecule has 2 bridgehead atoms. The van der Waals surface area contributed by atoms with Crippen LogP contribution in [-0.4, -0.2) is 51.1 Å². The molecule has 1 heterocycles. The summed E-state index contributed by atoms with van der Waals surface area (Å²) in [7, 11) is 0. The Bertz CT molecular complexity index is 465. The number of alkyl halides is 3. The maximum atomic E-state index is 12.4. The van der Waals surface area contributed by atoms with Crippen LogP contribution in [0.25, 0.3) is 0 Å². The Morgan fingerprint density at radius 1 is 1.32 bits per heavy atom. The van der Waals surface area contributed by atoms with Crippen molar-refractivity contribution in [1.29, 1.82) is 0 Å². The second-order valence-electron chi connectivity index (χ2n) is 6.63. The zero-order valence-electron chi connectivity index (χ0n) is 13.6. The van der Waals surface area contributed by atoms with Crippen molar-refractivity contribution in [3.8, 4) is 0 Å². The van der Waals surface area contributed by atoms with E-state index in [2.05, 4.69) is 9.86 Å². The van der Waals surface area contributed by atoms with E-state index >= 15 is 0 Å². The third-order valence-electron chi connectivity index (χ3n) is 5.47. The molecule has 0 aromatic heterocycles. The van der Waals surface area contributed by atoms with Gasteiger partial charge in [-0.1, -0.05) is 0 Å². The van der Waals surface area contributed by atoms with Crippen molar-refractivity contribution >= 4 is 31.8 Å². The van der Waals surface area contributed by atoms with Gasteiger partial charge < -0.3 is 0 Å². The van der Waals surface area contributed by atoms with Crippen molar-refractivity contribution in [2.24, 2.45) is 23.7 Å². The van der Waals surface area contributed by atoms with Crippen LogP contribution in [0.5, 0.6) is 0 Å². The summed E-state index contributed by atoms with van der Waals surface area (Å²) in [5.41, 5.74) is 0. The summed E-state index contributed by atoms with van der Waals surface area (Å²) in [5.74, 6) is 0.353. The van der Waals surface area contributed by atoms with Gasteiger partial charge in [0.25, 0.3) is 0 Å². The van der Waals surface area contributed by atoms with Crippen LogP contribution in [0, 0.1) is 23.7 Å². The Hall–Kier alpha value is -0.370. The quantitative estimate of drug-likeness (QED) is 0.383. The molecular weight excluding hydrogens is 399 g/mol. The Morgan fingerprint density at radius 2 is 2.05 bits per heavy atom. The number of halogens is 1. The first-order chi connectivity index (χ1) is 10.5. The standard InChI is InChI=1S/C16H25IO5/c1-5-20-13-10-6-9(11-7-21-16(19)12(10)11)14(13)22-15(18)8(2)17(3)4/h8-14H,5-7H2,1-4H3. The van der Waals surface area contributed by atoms with Gasteiger partial charge in [0, 0.05) is 0 Å². The molecular formula is C16H25IO5. The molecule has 1 saturated heterocycles. The molecule has 0 aromatic rings. The van der Waals surface area contributed by atoms with E-state index in [-0.39, 0.29) is 51.7 Å². The van der Waals surface area contributed by atoms with Crippen LogP contribution < -0.4 is 0 Å². The summed E-state index contributed by atoms with van der Waals surface area (Å²) in [5, 5.41) is 0. The van der Waals surface area contributed by atoms with E-state index in [1.807, 2.05) is 13.8 Å². The predicted molar refractivity (Wildman–Crippen MR) is 90.2 cm³/mol. The Kier molecular flexibility index (Phi) is 4.69. The van der Waals surface area contributed by atoms with Crippen LogP contribution >= 0.6 is 19.8 Å². The van der Waals surface area contributed by atoms with Crippen molar-refractivity contribution < 1.29 is 23.8 Å². The van der Waals surface area contributed by atoms with Gasteiger partial charge in [-0.2, -0.15) is 0 Å². The molecule has 2 saturated carbocycles. The van der Waals surface area contributed by atoms with Crippen LogP contribution in [0.2, 0.25) is 0 Å². The van der Waals surface area contributed by atoms with Crippen molar-refractivity contribution in [3.63, 3.8) is 0 Å². The molecule has 7 atom stereocenters. The average Bonchev–Trinajstić information content (AvgIpc) is 3.12. The van der Waals surface area contributed by atoms with E-state index in [1.165, 1.54) is 0 Å². The molecule has 3 aliphatic rings. The molecule has 0 spiro atoms. The van der Waals surface area contributed by atoms with E-state index in [9.17, 15) is 9.59 Å². The molecule has 3 fully saturated rings. The summed E-state index contributed by atoms with van der Waals surface area (Å²) >= 11 is -1.23. The molecule has 0 radical (unpaired) electrons. The number of cyclic esters (lactones) is 1. The van der Waals surface area contributed by atoms with Crippen LogP contribution in [0.3, 0.4) is 0 Å². The van der Waals surface area contributed by atoms with Gasteiger partial charge in [0.1, 0.15) is 0 Å². The molecule has 2 aliphatic carbocycles. The molecule has 0 N–H and O–H groups in total. The van der Waals surface area contributed by atoms with Gasteiger partial charge in [-0.15, -0.1) is 0 Å². The molecule has 7 unspecified atom stereocenters. The first-order valence-corrected chi connectivity index (χ1v) is 13.5. The zero-order valence-corrected chi connectivity index (χ0v) is 15.7. The van der Waals surface area contributed by atoms with Gasteiger partial charge in [0.15, 0.2) is 0 Å². The molecule has 0 aromatic carbocycles. The number of carbonyl (C=O) groups is 2. The number of carbonyl (C=O) groups excluding carboxylic acids is 2. The topological polar surface area (TPSA) is 61.8 Å². The molecule has 22 heavy (non-hydrogen) atoms. The molecule has 6 heteroatoms. The number of ether oxygens (including phenoxy) is 3. The van der Waals surface area contributed by atoms with E-state index < -0.39 is 19.8 Å². The normalized spacial score (nSPS) is 41.1. The number of fused-ring (bicyclic) bond motifs is 5. The van der Waals surface area contributed by atoms with Gasteiger partial charge in [-0.3, -0.25) is 0 Å². The zero-order chi connectivity index (χ0) is 16.0. The summed E-state index contributed by atoms with van der Waals surface area (Å²) in [4.78, 5) is 28.7. The third kappa shape index (κ3) is 2.56. The van der Waals surface area contributed by atoms with E-state index in [1.54, 1.807) is 0 Å². The molecule has 3 rings (SSSR count). The first kappa shape index (κ1) is 16.5. The SMILES string of the molecule is CCOC1C2CC(C3COC(=O)C32)C1OC(=O)C(C)I(C)C. The van der Waals surface area contributed by atoms with E-state index in [4.69, 9.17) is 14.2 Å². The van der Waals surface area contributed by atoms with Gasteiger partial charge in [0.05, 0.1) is 0 Å². The maximum absolute atomic E-state index is 12.4. The van der Waals surface area contributed by atoms with Gasteiger partial charge in [-0.05, 0) is 0 Å². The van der Waals surface area contributed by atoms with Gasteiger partial charge in [-0.25, -0.2) is 0 Å². The van der Waals surface area contributed by atoms with Gasteiger partial charge >= 0.3 is 139 Å². The van der Waals surface area contributed by atoms with Crippen molar-refractivity contribution in [2.75, 3.05) is 23.1 Å². The summed E-state index contributed by atoms with van der Waals surface area (Å²) in [6.07, 6.45) is 0.572. The summed E-state index contributed by atoms with van der Waals surface area (Å²) in [6.45, 7) is 4.97. The van der Waals surface area contributed by atoms with Crippen molar-refractivity contribution in [3.05, 3.63) is 0 Å². The van der Waals surface area contributed by atoms with Crippen LogP contribution in [0.4, 0.5) is 0 Å². The first-order valence-electron chi connectivity index (χ1n) is 7.93. The predicted octanol–water partition coefficient (Wildman–Crippen LogP) is 1.90. The Morgan fingerprint density at radius 3 is 2.68 bits per heavy atom. The van der Waals surface area contributed by atoms with Crippen LogP contribution in [0.15, 0.2) is 0 Å². The monoisotopic (exact) mass is 424 g/mol. The number of rotatable bonds is 5. The fraction of sp³-hybridized carbons (Fsp3) is 0.875. The van der Waals surface area contributed by atoms with Crippen molar-refractivity contribution in [2.45, 2.75) is 36.4 Å². The van der Waals surface area contributed by atoms with Crippen molar-refractivity contribution in [1.82, 2.24) is 0 Å². The Labute approximate surface area is 138 Å². The molecule has 126 valence electrons. The average molecular weight is 424 g/mol. The summed E-state index contributed by atoms with van der Waals surface area (Å²) < 4.78 is 17.0. The number of esters is 2. The third-order valence-corrected chi connectivity index (χ3v) is 9.71. The Balaban J connectivity index is 1.76. The fourth-order valence-electron chi connectivity index (χ4n) is 4.25. The second kappa shape index (κ2) is 6.26. The number of hydrogen-bond acceptors (Lipinski definition) is 5. The molecule has 0 amide bonds.